The number of unbranched alkanes of at least 4 members (excludes halogenated alkanes) is 32. The molecule has 0 N–H and O–H groups in total. The molecule has 0 aliphatic carbocycles. The average molecular weight is 1070 g/mol. The summed E-state index contributed by atoms with van der Waals surface area (Å²) in [7, 11) is 0. The Kier molecular flexibility index (Phi) is 61.8. The standard InChI is InChI=1S/C71H122O6/c1-4-7-10-13-16-19-22-25-27-28-29-30-31-32-33-34-35-36-37-38-39-40-41-42-43-44-45-47-49-52-55-58-61-64-70(73)76-67-68(66-75-69(72)63-60-57-54-51-48-24-21-18-15-12-9-6-3)77-71(74)65-62-59-56-53-50-46-26-23-20-17-14-11-8-5-2/h7,10,14,16-17,19,23,25-27,29-30,32-33,35-36,68H,4-6,8-9,11-13,15,18,20-22,24,28,31,34,37-67H2,1-3H3/b10-7-,17-14-,19-16-,26-23-,27-25-,30-29-,33-32-,36-35-. The highest BCUT2D eigenvalue weighted by atomic mass is 16.6. The summed E-state index contributed by atoms with van der Waals surface area (Å²) in [6, 6.07) is 0. The summed E-state index contributed by atoms with van der Waals surface area (Å²) < 4.78 is 16.9. The van der Waals surface area contributed by atoms with Crippen molar-refractivity contribution >= 4 is 17.9 Å². The lowest BCUT2D eigenvalue weighted by atomic mass is 10.0. The maximum Gasteiger partial charge on any atom is 0.306 e. The fourth-order valence-electron chi connectivity index (χ4n) is 9.17. The van der Waals surface area contributed by atoms with E-state index in [2.05, 4.69) is 118 Å². The Hall–Kier alpha value is -3.67. The van der Waals surface area contributed by atoms with E-state index >= 15 is 0 Å². The van der Waals surface area contributed by atoms with Crippen LogP contribution in [0.3, 0.4) is 0 Å². The maximum absolute atomic E-state index is 12.9. The molecule has 1 atom stereocenters. The number of carbonyl (C=O) groups excluding carboxylic acids is 3. The molecular weight excluding hydrogens is 949 g/mol. The van der Waals surface area contributed by atoms with E-state index in [0.717, 1.165) is 122 Å². The van der Waals surface area contributed by atoms with Gasteiger partial charge in [-0.15, -0.1) is 0 Å². The summed E-state index contributed by atoms with van der Waals surface area (Å²) in [6.07, 6.45) is 87.1. The van der Waals surface area contributed by atoms with Crippen molar-refractivity contribution in [3.63, 3.8) is 0 Å². The van der Waals surface area contributed by atoms with Crippen LogP contribution in [0.1, 0.15) is 316 Å². The Labute approximate surface area is 477 Å². The van der Waals surface area contributed by atoms with Crippen LogP contribution in [0.25, 0.3) is 0 Å². The lowest BCUT2D eigenvalue weighted by Crippen LogP contribution is -2.30. The second-order valence-electron chi connectivity index (χ2n) is 21.6. The van der Waals surface area contributed by atoms with E-state index in [0.29, 0.717) is 19.3 Å². The van der Waals surface area contributed by atoms with Crippen molar-refractivity contribution < 1.29 is 28.6 Å². The molecule has 0 aromatic carbocycles. The molecule has 0 aromatic rings. The van der Waals surface area contributed by atoms with E-state index in [1.54, 1.807) is 0 Å². The van der Waals surface area contributed by atoms with E-state index in [1.807, 2.05) is 0 Å². The third-order valence-electron chi connectivity index (χ3n) is 14.1. The second-order valence-corrected chi connectivity index (χ2v) is 21.6. The Morgan fingerprint density at radius 3 is 0.831 bits per heavy atom. The van der Waals surface area contributed by atoms with Gasteiger partial charge in [-0.05, 0) is 96.3 Å². The molecule has 1 unspecified atom stereocenters. The third kappa shape index (κ3) is 63.0. The van der Waals surface area contributed by atoms with E-state index in [4.69, 9.17) is 14.2 Å². The smallest absolute Gasteiger partial charge is 0.306 e. The van der Waals surface area contributed by atoms with Gasteiger partial charge in [0.25, 0.3) is 0 Å². The van der Waals surface area contributed by atoms with Crippen LogP contribution in [0.2, 0.25) is 0 Å². The zero-order valence-corrected chi connectivity index (χ0v) is 50.7. The fourth-order valence-corrected chi connectivity index (χ4v) is 9.17. The van der Waals surface area contributed by atoms with Crippen LogP contribution in [0.4, 0.5) is 0 Å². The molecule has 0 aliphatic rings. The van der Waals surface area contributed by atoms with Crippen molar-refractivity contribution in [2.75, 3.05) is 13.2 Å². The highest BCUT2D eigenvalue weighted by Gasteiger charge is 2.19. The van der Waals surface area contributed by atoms with Crippen molar-refractivity contribution in [3.8, 4) is 0 Å². The average Bonchev–Trinajstić information content (AvgIpc) is 3.43. The van der Waals surface area contributed by atoms with Crippen LogP contribution in [-0.2, 0) is 28.6 Å². The number of rotatable bonds is 59. The van der Waals surface area contributed by atoms with Crippen LogP contribution in [0.15, 0.2) is 97.2 Å². The largest absolute Gasteiger partial charge is 0.462 e. The van der Waals surface area contributed by atoms with Crippen molar-refractivity contribution in [2.24, 2.45) is 0 Å². The van der Waals surface area contributed by atoms with E-state index in [-0.39, 0.29) is 31.1 Å². The molecular formula is C71H122O6. The topological polar surface area (TPSA) is 78.9 Å². The van der Waals surface area contributed by atoms with Crippen LogP contribution in [-0.4, -0.2) is 37.2 Å². The number of hydrogen-bond donors (Lipinski definition) is 0. The van der Waals surface area contributed by atoms with Gasteiger partial charge in [0.05, 0.1) is 0 Å². The van der Waals surface area contributed by atoms with E-state index < -0.39 is 6.10 Å². The zero-order valence-electron chi connectivity index (χ0n) is 50.7. The SMILES string of the molecule is CC/C=C\C/C=C\C/C=C\C/C=C\C/C=C\C/C=C\CCCCCCCCCCCCCCCCC(=O)OCC(COC(=O)CCCCCCCCCCCCCC)OC(=O)CCCCCCC/C=C\C/C=C\CCCC. The molecule has 0 heterocycles. The molecule has 0 spiro atoms. The third-order valence-corrected chi connectivity index (χ3v) is 14.1. The normalized spacial score (nSPS) is 12.7. The molecule has 0 radical (unpaired) electrons. The Balaban J connectivity index is 4.15. The summed E-state index contributed by atoms with van der Waals surface area (Å²) in [5.41, 5.74) is 0. The summed E-state index contributed by atoms with van der Waals surface area (Å²) in [6.45, 7) is 6.49. The van der Waals surface area contributed by atoms with Gasteiger partial charge in [0, 0.05) is 19.3 Å². The van der Waals surface area contributed by atoms with Gasteiger partial charge in [-0.2, -0.15) is 0 Å². The van der Waals surface area contributed by atoms with Crippen molar-refractivity contribution in [1.29, 1.82) is 0 Å². The van der Waals surface area contributed by atoms with Gasteiger partial charge < -0.3 is 14.2 Å². The van der Waals surface area contributed by atoms with Crippen molar-refractivity contribution in [3.05, 3.63) is 97.2 Å². The van der Waals surface area contributed by atoms with Crippen molar-refractivity contribution in [1.82, 2.24) is 0 Å². The Morgan fingerprint density at radius 1 is 0.273 bits per heavy atom. The predicted octanol–water partition coefficient (Wildman–Crippen LogP) is 22.4. The molecule has 0 saturated heterocycles. The molecule has 0 saturated carbocycles. The Bertz CT molecular complexity index is 1510. The molecule has 0 fully saturated rings. The maximum atomic E-state index is 12.9. The molecule has 0 aliphatic heterocycles. The van der Waals surface area contributed by atoms with Crippen LogP contribution in [0.5, 0.6) is 0 Å². The Morgan fingerprint density at radius 2 is 0.519 bits per heavy atom. The first kappa shape index (κ1) is 73.3. The van der Waals surface area contributed by atoms with Gasteiger partial charge in [-0.25, -0.2) is 0 Å². The van der Waals surface area contributed by atoms with Crippen LogP contribution in [0, 0.1) is 0 Å². The number of ether oxygens (including phenoxy) is 3. The minimum absolute atomic E-state index is 0.0789. The first-order chi connectivity index (χ1) is 38.0. The monoisotopic (exact) mass is 1070 g/mol. The molecule has 0 aromatic heterocycles. The zero-order chi connectivity index (χ0) is 55.7. The highest BCUT2D eigenvalue weighted by molar-refractivity contribution is 5.71. The summed E-state index contributed by atoms with van der Waals surface area (Å²) in [4.78, 5) is 38.2. The number of esters is 3. The lowest BCUT2D eigenvalue weighted by Gasteiger charge is -2.18. The molecule has 0 rings (SSSR count). The van der Waals surface area contributed by atoms with Gasteiger partial charge in [0.2, 0.25) is 0 Å². The molecule has 442 valence electrons. The highest BCUT2D eigenvalue weighted by Crippen LogP contribution is 2.17. The molecule has 0 amide bonds. The second kappa shape index (κ2) is 64.9. The molecule has 6 nitrogen and oxygen atoms in total. The van der Waals surface area contributed by atoms with Gasteiger partial charge in [-0.1, -0.05) is 298 Å². The minimum atomic E-state index is -0.782. The molecule has 77 heavy (non-hydrogen) atoms. The molecule has 0 bridgehead atoms. The van der Waals surface area contributed by atoms with Crippen LogP contribution < -0.4 is 0 Å². The summed E-state index contributed by atoms with van der Waals surface area (Å²) >= 11 is 0. The lowest BCUT2D eigenvalue weighted by molar-refractivity contribution is -0.167. The first-order valence-corrected chi connectivity index (χ1v) is 32.7. The van der Waals surface area contributed by atoms with Gasteiger partial charge in [0.15, 0.2) is 6.10 Å². The van der Waals surface area contributed by atoms with Gasteiger partial charge >= 0.3 is 17.9 Å². The number of allylic oxidation sites excluding steroid dienone is 16. The quantitative estimate of drug-likeness (QED) is 0.0261. The van der Waals surface area contributed by atoms with Crippen LogP contribution >= 0.6 is 0 Å². The van der Waals surface area contributed by atoms with E-state index in [1.165, 1.54) is 154 Å². The predicted molar refractivity (Wildman–Crippen MR) is 334 cm³/mol. The number of carbonyl (C=O) groups is 3. The fraction of sp³-hybridized carbons (Fsp3) is 0.732. The summed E-state index contributed by atoms with van der Waals surface area (Å²) in [5.74, 6) is -0.883. The minimum Gasteiger partial charge on any atom is -0.462 e. The van der Waals surface area contributed by atoms with E-state index in [9.17, 15) is 14.4 Å². The molecule has 6 heteroatoms. The first-order valence-electron chi connectivity index (χ1n) is 32.7. The van der Waals surface area contributed by atoms with Crippen molar-refractivity contribution in [2.45, 2.75) is 322 Å². The number of hydrogen-bond acceptors (Lipinski definition) is 6. The van der Waals surface area contributed by atoms with Gasteiger partial charge in [0.1, 0.15) is 13.2 Å². The summed E-state index contributed by atoms with van der Waals surface area (Å²) in [5, 5.41) is 0. The van der Waals surface area contributed by atoms with Gasteiger partial charge in [-0.3, -0.25) is 14.4 Å².